The van der Waals surface area contributed by atoms with Crippen LogP contribution in [0.5, 0.6) is 0 Å². The molecule has 0 spiro atoms. The first-order valence-corrected chi connectivity index (χ1v) is 7.39. The number of benzene rings is 1. The summed E-state index contributed by atoms with van der Waals surface area (Å²) in [7, 11) is 0. The highest BCUT2D eigenvalue weighted by atomic mass is 79.9. The number of amides is 1. The molecule has 122 valence electrons. The first kappa shape index (κ1) is 17.2. The van der Waals surface area contributed by atoms with Crippen LogP contribution in [0.4, 0.5) is 22.0 Å². The van der Waals surface area contributed by atoms with Crippen LogP contribution < -0.4 is 0 Å². The first-order chi connectivity index (χ1) is 10.1. The van der Waals surface area contributed by atoms with Gasteiger partial charge in [0.2, 0.25) is 5.91 Å². The highest BCUT2D eigenvalue weighted by Gasteiger charge is 2.40. The van der Waals surface area contributed by atoms with Crippen LogP contribution >= 0.6 is 15.9 Å². The van der Waals surface area contributed by atoms with E-state index in [-0.39, 0.29) is 30.3 Å². The van der Waals surface area contributed by atoms with Crippen molar-refractivity contribution in [1.29, 1.82) is 0 Å². The number of hydrogen-bond donors (Lipinski definition) is 0. The fraction of sp³-hybridized carbons (Fsp3) is 0.500. The second-order valence-corrected chi connectivity index (χ2v) is 6.08. The summed E-state index contributed by atoms with van der Waals surface area (Å²) in [6.45, 7) is -0.569. The van der Waals surface area contributed by atoms with E-state index in [2.05, 4.69) is 15.9 Å². The zero-order valence-electron chi connectivity index (χ0n) is 11.4. The summed E-state index contributed by atoms with van der Waals surface area (Å²) in [5, 5.41) is 0. The van der Waals surface area contributed by atoms with Gasteiger partial charge in [-0.25, -0.2) is 8.78 Å². The molecule has 1 fully saturated rings. The van der Waals surface area contributed by atoms with Gasteiger partial charge in [-0.05, 0) is 24.1 Å². The smallest absolute Gasteiger partial charge is 0.336 e. The summed E-state index contributed by atoms with van der Waals surface area (Å²) < 4.78 is 63.9. The largest absolute Gasteiger partial charge is 0.416 e. The van der Waals surface area contributed by atoms with Crippen molar-refractivity contribution in [3.05, 3.63) is 33.8 Å². The number of rotatable bonds is 3. The van der Waals surface area contributed by atoms with Crippen LogP contribution in [0.15, 0.2) is 22.7 Å². The summed E-state index contributed by atoms with van der Waals surface area (Å²) in [6, 6.07) is 3.18. The van der Waals surface area contributed by atoms with Crippen molar-refractivity contribution < 1.29 is 26.7 Å². The van der Waals surface area contributed by atoms with Crippen molar-refractivity contribution in [1.82, 2.24) is 4.90 Å². The lowest BCUT2D eigenvalue weighted by atomic mass is 10.1. The van der Waals surface area contributed by atoms with Gasteiger partial charge in [0.05, 0.1) is 12.1 Å². The van der Waals surface area contributed by atoms with Crippen LogP contribution in [0.25, 0.3) is 0 Å². The molecule has 0 radical (unpaired) electrons. The van der Waals surface area contributed by atoms with E-state index < -0.39 is 30.1 Å². The maximum absolute atomic E-state index is 13.0. The first-order valence-electron chi connectivity index (χ1n) is 6.60. The lowest BCUT2D eigenvalue weighted by molar-refractivity contribution is -0.137. The second-order valence-electron chi connectivity index (χ2n) is 5.23. The highest BCUT2D eigenvalue weighted by Crippen LogP contribution is 2.33. The Bertz CT molecular complexity index is 573. The standard InChI is InChI=1S/C14H13BrF5NO/c15-11-7-10(14(18,19)20)3-1-9(11)2-4-12(22)21-6-5-13(16,17)8-21/h1,3,7H,2,4-6,8H2. The average Bonchev–Trinajstić information content (AvgIpc) is 2.76. The normalized spacial score (nSPS) is 17.8. The molecule has 2 nitrogen and oxygen atoms in total. The molecule has 1 aromatic rings. The number of halogens is 6. The third-order valence-corrected chi connectivity index (χ3v) is 4.25. The molecule has 1 aromatic carbocycles. The molecular weight excluding hydrogens is 373 g/mol. The van der Waals surface area contributed by atoms with E-state index in [1.54, 1.807) is 0 Å². The van der Waals surface area contributed by atoms with Crippen LogP contribution in [0, 0.1) is 0 Å². The van der Waals surface area contributed by atoms with Crippen LogP contribution in [0.2, 0.25) is 0 Å². The number of nitrogens with zero attached hydrogens (tertiary/aromatic N) is 1. The van der Waals surface area contributed by atoms with E-state index in [1.807, 2.05) is 0 Å². The van der Waals surface area contributed by atoms with Crippen LogP contribution in [0.1, 0.15) is 24.0 Å². The molecule has 0 aliphatic carbocycles. The van der Waals surface area contributed by atoms with Gasteiger partial charge in [0.1, 0.15) is 0 Å². The van der Waals surface area contributed by atoms with E-state index in [0.717, 1.165) is 17.0 Å². The molecule has 8 heteroatoms. The van der Waals surface area contributed by atoms with Crippen molar-refractivity contribution in [2.45, 2.75) is 31.4 Å². The van der Waals surface area contributed by atoms with E-state index >= 15 is 0 Å². The Balaban J connectivity index is 1.96. The Kier molecular flexibility index (Phi) is 4.79. The summed E-state index contributed by atoms with van der Waals surface area (Å²) in [4.78, 5) is 12.9. The fourth-order valence-electron chi connectivity index (χ4n) is 2.27. The van der Waals surface area contributed by atoms with Gasteiger partial charge >= 0.3 is 6.18 Å². The minimum atomic E-state index is -4.43. The van der Waals surface area contributed by atoms with Crippen molar-refractivity contribution in [3.8, 4) is 0 Å². The summed E-state index contributed by atoms with van der Waals surface area (Å²) >= 11 is 3.05. The Morgan fingerprint density at radius 3 is 2.50 bits per heavy atom. The second kappa shape index (κ2) is 6.14. The number of carbonyl (C=O) groups excluding carboxylic acids is 1. The predicted octanol–water partition coefficient (Wildman–Crippen LogP) is 4.27. The third-order valence-electron chi connectivity index (χ3n) is 3.51. The SMILES string of the molecule is O=C(CCc1ccc(C(F)(F)F)cc1Br)N1CCC(F)(F)C1. The van der Waals surface area contributed by atoms with Gasteiger partial charge in [-0.3, -0.25) is 4.79 Å². The number of aryl methyl sites for hydroxylation is 1. The van der Waals surface area contributed by atoms with Gasteiger partial charge in [0, 0.05) is 23.9 Å². The summed E-state index contributed by atoms with van der Waals surface area (Å²) in [6.07, 6.45) is -4.60. The number of likely N-dealkylation sites (tertiary alicyclic amines) is 1. The van der Waals surface area contributed by atoms with Gasteiger partial charge in [-0.15, -0.1) is 0 Å². The number of alkyl halides is 5. The highest BCUT2D eigenvalue weighted by molar-refractivity contribution is 9.10. The third kappa shape index (κ3) is 4.18. The molecule has 0 saturated carbocycles. The quantitative estimate of drug-likeness (QED) is 0.711. The monoisotopic (exact) mass is 385 g/mol. The number of hydrogen-bond acceptors (Lipinski definition) is 1. The lowest BCUT2D eigenvalue weighted by Gasteiger charge is -2.16. The minimum absolute atomic E-state index is 0.0138. The Morgan fingerprint density at radius 2 is 2.00 bits per heavy atom. The predicted molar refractivity (Wildman–Crippen MR) is 73.6 cm³/mol. The summed E-state index contributed by atoms with van der Waals surface area (Å²) in [5.74, 6) is -3.26. The molecule has 0 N–H and O–H groups in total. The molecule has 1 heterocycles. The molecule has 1 aliphatic rings. The Hall–Kier alpha value is -1.18. The summed E-state index contributed by atoms with van der Waals surface area (Å²) in [5.41, 5.74) is -0.249. The fourth-order valence-corrected chi connectivity index (χ4v) is 2.85. The van der Waals surface area contributed by atoms with E-state index in [0.29, 0.717) is 5.56 Å². The Morgan fingerprint density at radius 1 is 1.32 bits per heavy atom. The van der Waals surface area contributed by atoms with Gasteiger partial charge in [-0.1, -0.05) is 22.0 Å². The van der Waals surface area contributed by atoms with Crippen LogP contribution in [0.3, 0.4) is 0 Å². The zero-order valence-corrected chi connectivity index (χ0v) is 13.0. The Labute approximate surface area is 132 Å². The number of carbonyl (C=O) groups is 1. The molecule has 0 bridgehead atoms. The minimum Gasteiger partial charge on any atom is -0.336 e. The maximum atomic E-state index is 13.0. The zero-order chi connectivity index (χ0) is 16.5. The molecule has 22 heavy (non-hydrogen) atoms. The molecule has 1 amide bonds. The van der Waals surface area contributed by atoms with Crippen LogP contribution in [-0.4, -0.2) is 29.8 Å². The average molecular weight is 386 g/mol. The molecule has 2 rings (SSSR count). The molecule has 1 aliphatic heterocycles. The van der Waals surface area contributed by atoms with Crippen molar-refractivity contribution in [2.24, 2.45) is 0 Å². The van der Waals surface area contributed by atoms with E-state index in [4.69, 9.17) is 0 Å². The van der Waals surface area contributed by atoms with Gasteiger partial charge in [0.25, 0.3) is 5.92 Å². The molecule has 0 atom stereocenters. The molecule has 1 saturated heterocycles. The van der Waals surface area contributed by atoms with Gasteiger partial charge in [0.15, 0.2) is 0 Å². The van der Waals surface area contributed by atoms with Gasteiger partial charge < -0.3 is 4.90 Å². The van der Waals surface area contributed by atoms with E-state index in [9.17, 15) is 26.7 Å². The van der Waals surface area contributed by atoms with Crippen LogP contribution in [-0.2, 0) is 17.4 Å². The van der Waals surface area contributed by atoms with Crippen molar-refractivity contribution >= 4 is 21.8 Å². The van der Waals surface area contributed by atoms with Gasteiger partial charge in [-0.2, -0.15) is 13.2 Å². The topological polar surface area (TPSA) is 20.3 Å². The van der Waals surface area contributed by atoms with Crippen molar-refractivity contribution in [2.75, 3.05) is 13.1 Å². The lowest BCUT2D eigenvalue weighted by Crippen LogP contribution is -2.31. The molecular formula is C14H13BrF5NO. The molecule has 0 aromatic heterocycles. The maximum Gasteiger partial charge on any atom is 0.416 e. The van der Waals surface area contributed by atoms with Crippen molar-refractivity contribution in [3.63, 3.8) is 0 Å². The molecule has 0 unspecified atom stereocenters. The van der Waals surface area contributed by atoms with E-state index in [1.165, 1.54) is 6.07 Å².